The molecule has 0 atom stereocenters. The molecule has 90 valence electrons. The van der Waals surface area contributed by atoms with Crippen molar-refractivity contribution in [2.45, 2.75) is 24.8 Å². The number of benzene rings is 1. The molecule has 1 heterocycles. The summed E-state index contributed by atoms with van der Waals surface area (Å²) in [6.45, 7) is 4.21. The Bertz CT molecular complexity index is 474. The molecule has 0 unspecified atom stereocenters. The first-order valence-electron chi connectivity index (χ1n) is 5.65. The average Bonchev–Trinajstić information content (AvgIpc) is 2.76. The lowest BCUT2D eigenvalue weighted by Gasteiger charge is -2.12. The summed E-state index contributed by atoms with van der Waals surface area (Å²) in [6.07, 6.45) is 5.87. The van der Waals surface area contributed by atoms with Crippen molar-refractivity contribution in [2.24, 2.45) is 0 Å². The molecule has 2 rings (SSSR count). The fourth-order valence-electron chi connectivity index (χ4n) is 1.62. The van der Waals surface area contributed by atoms with Crippen molar-refractivity contribution < 1.29 is 0 Å². The summed E-state index contributed by atoms with van der Waals surface area (Å²) in [5.74, 6) is 0.886. The van der Waals surface area contributed by atoms with Crippen molar-refractivity contribution in [3.8, 4) is 5.69 Å². The molecule has 1 N–H and O–H groups in total. The normalized spacial score (nSPS) is 10.8. The van der Waals surface area contributed by atoms with Crippen LogP contribution in [0.4, 0.5) is 5.95 Å². The second kappa shape index (κ2) is 5.27. The summed E-state index contributed by atoms with van der Waals surface area (Å²) >= 11 is 1.75. The Kier molecular flexibility index (Phi) is 3.74. The first-order valence-corrected chi connectivity index (χ1v) is 6.87. The summed E-state index contributed by atoms with van der Waals surface area (Å²) in [5, 5.41) is 3.33. The quantitative estimate of drug-likeness (QED) is 0.840. The summed E-state index contributed by atoms with van der Waals surface area (Å²) in [5.41, 5.74) is 1.13. The van der Waals surface area contributed by atoms with E-state index in [4.69, 9.17) is 0 Å². The van der Waals surface area contributed by atoms with E-state index in [0.29, 0.717) is 6.04 Å². The van der Waals surface area contributed by atoms with Gasteiger partial charge in [-0.25, -0.2) is 4.98 Å². The Labute approximate surface area is 106 Å². The topological polar surface area (TPSA) is 29.9 Å². The van der Waals surface area contributed by atoms with Crippen LogP contribution < -0.4 is 5.32 Å². The molecule has 0 saturated heterocycles. The SMILES string of the molecule is CSc1ccc(-n2ccnc2NC(C)C)cc1. The zero-order chi connectivity index (χ0) is 12.3. The molecule has 4 heteroatoms. The zero-order valence-electron chi connectivity index (χ0n) is 10.3. The molecule has 3 nitrogen and oxygen atoms in total. The molecule has 0 radical (unpaired) electrons. The molecule has 0 fully saturated rings. The third kappa shape index (κ3) is 2.82. The Hall–Kier alpha value is -1.42. The van der Waals surface area contributed by atoms with Gasteiger partial charge in [-0.15, -0.1) is 11.8 Å². The number of rotatable bonds is 4. The first-order chi connectivity index (χ1) is 8.20. The van der Waals surface area contributed by atoms with Gasteiger partial charge in [-0.2, -0.15) is 0 Å². The predicted octanol–water partition coefficient (Wildman–Crippen LogP) is 3.41. The maximum Gasteiger partial charge on any atom is 0.207 e. The largest absolute Gasteiger partial charge is 0.353 e. The van der Waals surface area contributed by atoms with Crippen molar-refractivity contribution in [1.29, 1.82) is 0 Å². The summed E-state index contributed by atoms with van der Waals surface area (Å²) in [6, 6.07) is 8.85. The van der Waals surface area contributed by atoms with Gasteiger partial charge in [-0.1, -0.05) is 0 Å². The minimum Gasteiger partial charge on any atom is -0.353 e. The number of aromatic nitrogens is 2. The average molecular weight is 247 g/mol. The van der Waals surface area contributed by atoms with E-state index in [1.807, 2.05) is 12.4 Å². The van der Waals surface area contributed by atoms with Gasteiger partial charge in [0, 0.05) is 29.0 Å². The van der Waals surface area contributed by atoms with Crippen LogP contribution in [0.25, 0.3) is 5.69 Å². The van der Waals surface area contributed by atoms with Crippen LogP contribution in [-0.2, 0) is 0 Å². The van der Waals surface area contributed by atoms with Crippen LogP contribution in [0.5, 0.6) is 0 Å². The minimum absolute atomic E-state index is 0.377. The molecular formula is C13H17N3S. The molecule has 0 spiro atoms. The second-order valence-electron chi connectivity index (χ2n) is 4.12. The fourth-order valence-corrected chi connectivity index (χ4v) is 2.03. The van der Waals surface area contributed by atoms with E-state index in [2.05, 4.69) is 59.2 Å². The third-order valence-corrected chi connectivity index (χ3v) is 3.15. The lowest BCUT2D eigenvalue weighted by molar-refractivity contribution is 0.864. The van der Waals surface area contributed by atoms with Crippen LogP contribution in [0.15, 0.2) is 41.6 Å². The number of anilines is 1. The molecule has 0 bridgehead atoms. The Morgan fingerprint density at radius 2 is 1.94 bits per heavy atom. The molecule has 1 aromatic carbocycles. The monoisotopic (exact) mass is 247 g/mol. The van der Waals surface area contributed by atoms with E-state index in [0.717, 1.165) is 11.6 Å². The van der Waals surface area contributed by atoms with Crippen molar-refractivity contribution in [3.05, 3.63) is 36.7 Å². The highest BCUT2D eigenvalue weighted by molar-refractivity contribution is 7.98. The van der Waals surface area contributed by atoms with Crippen molar-refractivity contribution in [1.82, 2.24) is 9.55 Å². The van der Waals surface area contributed by atoms with Crippen molar-refractivity contribution in [3.63, 3.8) is 0 Å². The van der Waals surface area contributed by atoms with Crippen molar-refractivity contribution >= 4 is 17.7 Å². The maximum atomic E-state index is 4.32. The standard InChI is InChI=1S/C13H17N3S/c1-10(2)15-13-14-8-9-16(13)11-4-6-12(17-3)7-5-11/h4-10H,1-3H3,(H,14,15). The zero-order valence-corrected chi connectivity index (χ0v) is 11.2. The van der Waals surface area contributed by atoms with E-state index in [9.17, 15) is 0 Å². The van der Waals surface area contributed by atoms with E-state index in [-0.39, 0.29) is 0 Å². The lowest BCUT2D eigenvalue weighted by Crippen LogP contribution is -2.13. The van der Waals surface area contributed by atoms with Gasteiger partial charge >= 0.3 is 0 Å². The molecule has 1 aromatic heterocycles. The van der Waals surface area contributed by atoms with E-state index < -0.39 is 0 Å². The van der Waals surface area contributed by atoms with Gasteiger partial charge in [-0.05, 0) is 44.4 Å². The molecule has 0 amide bonds. The van der Waals surface area contributed by atoms with Gasteiger partial charge < -0.3 is 5.32 Å². The van der Waals surface area contributed by atoms with Gasteiger partial charge in [0.05, 0.1) is 0 Å². The summed E-state index contributed by atoms with van der Waals surface area (Å²) in [7, 11) is 0. The van der Waals surface area contributed by atoms with Gasteiger partial charge in [0.1, 0.15) is 0 Å². The molecule has 0 aliphatic carbocycles. The first kappa shape index (κ1) is 12.0. The minimum atomic E-state index is 0.377. The smallest absolute Gasteiger partial charge is 0.207 e. The highest BCUT2D eigenvalue weighted by Gasteiger charge is 2.05. The number of thioether (sulfide) groups is 1. The van der Waals surface area contributed by atoms with Crippen LogP contribution >= 0.6 is 11.8 Å². The Morgan fingerprint density at radius 1 is 1.24 bits per heavy atom. The number of hydrogen-bond donors (Lipinski definition) is 1. The highest BCUT2D eigenvalue weighted by Crippen LogP contribution is 2.19. The van der Waals surface area contributed by atoms with Gasteiger partial charge in [0.25, 0.3) is 0 Å². The van der Waals surface area contributed by atoms with Gasteiger partial charge in [-0.3, -0.25) is 4.57 Å². The molecule has 0 aliphatic rings. The number of imidazole rings is 1. The Morgan fingerprint density at radius 3 is 2.53 bits per heavy atom. The highest BCUT2D eigenvalue weighted by atomic mass is 32.2. The van der Waals surface area contributed by atoms with Crippen LogP contribution in [-0.4, -0.2) is 21.8 Å². The summed E-state index contributed by atoms with van der Waals surface area (Å²) < 4.78 is 2.06. The molecule has 17 heavy (non-hydrogen) atoms. The van der Waals surface area contributed by atoms with E-state index in [1.54, 1.807) is 11.8 Å². The molecular weight excluding hydrogens is 230 g/mol. The van der Waals surface area contributed by atoms with E-state index in [1.165, 1.54) is 4.90 Å². The number of hydrogen-bond acceptors (Lipinski definition) is 3. The molecule has 2 aromatic rings. The van der Waals surface area contributed by atoms with Crippen LogP contribution in [0.2, 0.25) is 0 Å². The molecule has 0 aliphatic heterocycles. The second-order valence-corrected chi connectivity index (χ2v) is 5.00. The maximum absolute atomic E-state index is 4.32. The van der Waals surface area contributed by atoms with Gasteiger partial charge in [0.15, 0.2) is 0 Å². The number of nitrogens with one attached hydrogen (secondary N) is 1. The summed E-state index contributed by atoms with van der Waals surface area (Å²) in [4.78, 5) is 5.59. The fraction of sp³-hybridized carbons (Fsp3) is 0.308. The Balaban J connectivity index is 2.29. The van der Waals surface area contributed by atoms with Gasteiger partial charge in [0.2, 0.25) is 5.95 Å². The molecule has 0 saturated carbocycles. The van der Waals surface area contributed by atoms with E-state index >= 15 is 0 Å². The van der Waals surface area contributed by atoms with Crippen LogP contribution in [0.3, 0.4) is 0 Å². The van der Waals surface area contributed by atoms with Crippen molar-refractivity contribution in [2.75, 3.05) is 11.6 Å². The van der Waals surface area contributed by atoms with Crippen LogP contribution in [0, 0.1) is 0 Å². The third-order valence-electron chi connectivity index (χ3n) is 2.41. The number of nitrogens with zero attached hydrogens (tertiary/aromatic N) is 2. The predicted molar refractivity (Wildman–Crippen MR) is 74.1 cm³/mol. The lowest BCUT2D eigenvalue weighted by atomic mass is 10.3. The van der Waals surface area contributed by atoms with Crippen LogP contribution in [0.1, 0.15) is 13.8 Å².